The van der Waals surface area contributed by atoms with Crippen molar-refractivity contribution >= 4 is 17.3 Å². The average Bonchev–Trinajstić information content (AvgIpc) is 2.47. The van der Waals surface area contributed by atoms with Crippen molar-refractivity contribution in [2.24, 2.45) is 17.6 Å². The topological polar surface area (TPSA) is 58.4 Å². The Morgan fingerprint density at radius 1 is 1.30 bits per heavy atom. The third-order valence-corrected chi connectivity index (χ3v) is 4.19. The van der Waals surface area contributed by atoms with Gasteiger partial charge in [0, 0.05) is 20.0 Å². The summed E-state index contributed by atoms with van der Waals surface area (Å²) in [5.74, 6) is 0.508. The second-order valence-corrected chi connectivity index (χ2v) is 5.79. The number of nitrogens with one attached hydrogen (secondary N) is 1. The van der Waals surface area contributed by atoms with Gasteiger partial charge in [-0.15, -0.1) is 0 Å². The van der Waals surface area contributed by atoms with Crippen LogP contribution in [0, 0.1) is 11.8 Å². The zero-order valence-electron chi connectivity index (χ0n) is 12.4. The number of hydrogen-bond donors (Lipinski definition) is 2. The highest BCUT2D eigenvalue weighted by molar-refractivity contribution is 5.96. The quantitative estimate of drug-likeness (QED) is 0.887. The van der Waals surface area contributed by atoms with Crippen molar-refractivity contribution in [1.82, 2.24) is 0 Å². The molecule has 4 heteroatoms. The van der Waals surface area contributed by atoms with E-state index in [2.05, 4.69) is 5.32 Å². The van der Waals surface area contributed by atoms with Gasteiger partial charge >= 0.3 is 0 Å². The third-order valence-electron chi connectivity index (χ3n) is 4.19. The highest BCUT2D eigenvalue weighted by Gasteiger charge is 2.30. The monoisotopic (exact) mass is 275 g/mol. The first-order chi connectivity index (χ1) is 9.63. The first-order valence-corrected chi connectivity index (χ1v) is 7.40. The van der Waals surface area contributed by atoms with Gasteiger partial charge in [0.25, 0.3) is 0 Å². The molecule has 110 valence electrons. The third kappa shape index (κ3) is 3.31. The maximum Gasteiger partial charge on any atom is 0.227 e. The van der Waals surface area contributed by atoms with E-state index in [-0.39, 0.29) is 11.8 Å². The van der Waals surface area contributed by atoms with Gasteiger partial charge in [-0.05, 0) is 37.4 Å². The fraction of sp³-hybridized carbons (Fsp3) is 0.562. The molecule has 1 aromatic rings. The fourth-order valence-electron chi connectivity index (χ4n) is 3.03. The Kier molecular flexibility index (Phi) is 5.01. The van der Waals surface area contributed by atoms with Gasteiger partial charge in [0.1, 0.15) is 0 Å². The van der Waals surface area contributed by atoms with Crippen LogP contribution in [0.3, 0.4) is 0 Å². The number of amides is 1. The molecule has 1 saturated carbocycles. The minimum absolute atomic E-state index is 0.0592. The van der Waals surface area contributed by atoms with E-state index in [1.165, 1.54) is 6.42 Å². The molecule has 0 aromatic heterocycles. The second kappa shape index (κ2) is 6.75. The summed E-state index contributed by atoms with van der Waals surface area (Å²) < 4.78 is 0. The molecule has 3 N–H and O–H groups in total. The van der Waals surface area contributed by atoms with Crippen molar-refractivity contribution in [1.29, 1.82) is 0 Å². The van der Waals surface area contributed by atoms with E-state index in [9.17, 15) is 4.79 Å². The standard InChI is InChI=1S/C16H25N3O/c1-19(2)15-10-6-5-9-14(15)18-16(20)13-8-4-3-7-12(13)11-17/h5-6,9-10,12-13H,3-4,7-8,11,17H2,1-2H3,(H,18,20). The van der Waals surface area contributed by atoms with E-state index in [1.807, 2.05) is 43.3 Å². The van der Waals surface area contributed by atoms with Crippen molar-refractivity contribution in [3.63, 3.8) is 0 Å². The van der Waals surface area contributed by atoms with E-state index in [1.54, 1.807) is 0 Å². The maximum absolute atomic E-state index is 12.5. The molecule has 0 radical (unpaired) electrons. The Morgan fingerprint density at radius 3 is 2.70 bits per heavy atom. The molecule has 1 aromatic carbocycles. The molecule has 1 amide bonds. The Morgan fingerprint density at radius 2 is 2.00 bits per heavy atom. The highest BCUT2D eigenvalue weighted by atomic mass is 16.1. The molecule has 20 heavy (non-hydrogen) atoms. The van der Waals surface area contributed by atoms with E-state index >= 15 is 0 Å². The molecule has 2 rings (SSSR count). The van der Waals surface area contributed by atoms with Crippen molar-refractivity contribution in [2.45, 2.75) is 25.7 Å². The summed E-state index contributed by atoms with van der Waals surface area (Å²) in [5, 5.41) is 3.09. The summed E-state index contributed by atoms with van der Waals surface area (Å²) in [5.41, 5.74) is 7.72. The van der Waals surface area contributed by atoms with E-state index in [0.29, 0.717) is 12.5 Å². The normalized spacial score (nSPS) is 22.4. The Balaban J connectivity index is 2.11. The number of nitrogens with two attached hydrogens (primary N) is 1. The Bertz CT molecular complexity index is 459. The van der Waals surface area contributed by atoms with E-state index in [4.69, 9.17) is 5.73 Å². The maximum atomic E-state index is 12.5. The minimum atomic E-state index is 0.0592. The number of benzene rings is 1. The summed E-state index contributed by atoms with van der Waals surface area (Å²) in [6.07, 6.45) is 4.35. The molecule has 1 aliphatic carbocycles. The van der Waals surface area contributed by atoms with Crippen LogP contribution in [-0.4, -0.2) is 26.5 Å². The van der Waals surface area contributed by atoms with Crippen molar-refractivity contribution in [3.8, 4) is 0 Å². The Hall–Kier alpha value is -1.55. The summed E-state index contributed by atoms with van der Waals surface area (Å²) in [6.45, 7) is 0.605. The van der Waals surface area contributed by atoms with Gasteiger partial charge in [-0.2, -0.15) is 0 Å². The van der Waals surface area contributed by atoms with Gasteiger partial charge in [0.15, 0.2) is 0 Å². The minimum Gasteiger partial charge on any atom is -0.376 e. The van der Waals surface area contributed by atoms with Crippen LogP contribution in [0.1, 0.15) is 25.7 Å². The lowest BCUT2D eigenvalue weighted by Gasteiger charge is -2.30. The molecule has 4 nitrogen and oxygen atoms in total. The summed E-state index contributed by atoms with van der Waals surface area (Å²) in [6, 6.07) is 7.89. The molecule has 1 aliphatic rings. The fourth-order valence-corrected chi connectivity index (χ4v) is 3.03. The summed E-state index contributed by atoms with van der Waals surface area (Å²) in [7, 11) is 3.96. The van der Waals surface area contributed by atoms with Crippen LogP contribution >= 0.6 is 0 Å². The van der Waals surface area contributed by atoms with Crippen LogP contribution in [0.15, 0.2) is 24.3 Å². The van der Waals surface area contributed by atoms with Gasteiger partial charge < -0.3 is 16.0 Å². The number of carbonyl (C=O) groups is 1. The zero-order valence-corrected chi connectivity index (χ0v) is 12.4. The average molecular weight is 275 g/mol. The smallest absolute Gasteiger partial charge is 0.227 e. The lowest BCUT2D eigenvalue weighted by Crippen LogP contribution is -2.35. The number of carbonyl (C=O) groups excluding carboxylic acids is 1. The summed E-state index contributed by atoms with van der Waals surface area (Å²) >= 11 is 0. The van der Waals surface area contributed by atoms with Gasteiger partial charge in [-0.3, -0.25) is 4.79 Å². The number of para-hydroxylation sites is 2. The number of rotatable bonds is 4. The van der Waals surface area contributed by atoms with Crippen LogP contribution < -0.4 is 16.0 Å². The van der Waals surface area contributed by atoms with Crippen molar-refractivity contribution < 1.29 is 4.79 Å². The molecule has 0 heterocycles. The molecule has 2 unspecified atom stereocenters. The van der Waals surface area contributed by atoms with Crippen LogP contribution in [0.5, 0.6) is 0 Å². The van der Waals surface area contributed by atoms with E-state index in [0.717, 1.165) is 30.6 Å². The van der Waals surface area contributed by atoms with Crippen LogP contribution in [0.2, 0.25) is 0 Å². The highest BCUT2D eigenvalue weighted by Crippen LogP contribution is 2.31. The SMILES string of the molecule is CN(C)c1ccccc1NC(=O)C1CCCCC1CN. The largest absolute Gasteiger partial charge is 0.376 e. The van der Waals surface area contributed by atoms with Gasteiger partial charge in [0.2, 0.25) is 5.91 Å². The van der Waals surface area contributed by atoms with Crippen LogP contribution in [0.25, 0.3) is 0 Å². The molecular formula is C16H25N3O. The van der Waals surface area contributed by atoms with Crippen molar-refractivity contribution in [3.05, 3.63) is 24.3 Å². The number of hydrogen-bond acceptors (Lipinski definition) is 3. The number of nitrogens with zero attached hydrogens (tertiary/aromatic N) is 1. The van der Waals surface area contributed by atoms with E-state index < -0.39 is 0 Å². The van der Waals surface area contributed by atoms with Gasteiger partial charge in [0.05, 0.1) is 11.4 Å². The predicted molar refractivity (Wildman–Crippen MR) is 83.9 cm³/mol. The second-order valence-electron chi connectivity index (χ2n) is 5.79. The lowest BCUT2D eigenvalue weighted by atomic mass is 9.78. The van der Waals surface area contributed by atoms with Gasteiger partial charge in [-0.1, -0.05) is 25.0 Å². The Labute approximate surface area is 121 Å². The molecular weight excluding hydrogens is 250 g/mol. The lowest BCUT2D eigenvalue weighted by molar-refractivity contribution is -0.122. The number of anilines is 2. The van der Waals surface area contributed by atoms with Crippen LogP contribution in [0.4, 0.5) is 11.4 Å². The van der Waals surface area contributed by atoms with Crippen molar-refractivity contribution in [2.75, 3.05) is 30.9 Å². The predicted octanol–water partition coefficient (Wildman–Crippen LogP) is 2.46. The molecule has 1 fully saturated rings. The first kappa shape index (κ1) is 14.9. The summed E-state index contributed by atoms with van der Waals surface area (Å²) in [4.78, 5) is 14.5. The van der Waals surface area contributed by atoms with Gasteiger partial charge in [-0.25, -0.2) is 0 Å². The van der Waals surface area contributed by atoms with Crippen LogP contribution in [-0.2, 0) is 4.79 Å². The molecule has 0 aliphatic heterocycles. The zero-order chi connectivity index (χ0) is 14.5. The molecule has 2 atom stereocenters. The first-order valence-electron chi connectivity index (χ1n) is 7.40. The molecule has 0 spiro atoms. The molecule has 0 saturated heterocycles. The molecule has 0 bridgehead atoms.